The van der Waals surface area contributed by atoms with Crippen LogP contribution in [0.15, 0.2) is 42.5 Å². The first kappa shape index (κ1) is 17.4. The number of nitrogens with one attached hydrogen (secondary N) is 1. The molecule has 0 saturated carbocycles. The second-order valence-corrected chi connectivity index (χ2v) is 6.53. The Kier molecular flexibility index (Phi) is 4.68. The van der Waals surface area contributed by atoms with Gasteiger partial charge in [-0.05, 0) is 49.4 Å². The van der Waals surface area contributed by atoms with Crippen molar-refractivity contribution < 1.29 is 23.8 Å². The Morgan fingerprint density at radius 1 is 1.04 bits per heavy atom. The van der Waals surface area contributed by atoms with E-state index in [0.29, 0.717) is 48.0 Å². The van der Waals surface area contributed by atoms with Crippen LogP contribution in [0.2, 0.25) is 0 Å². The van der Waals surface area contributed by atoms with Crippen LogP contribution in [0.1, 0.15) is 27.6 Å². The standard InChI is InChI=1S/C20H20N2O5/c1-13-11-22(8-9-25-13)20(24)14-2-5-16(6-3-14)21-19(23)15-4-7-17-18(10-15)27-12-26-17/h2-7,10,13H,8-9,11-12H2,1H3,(H,21,23). The molecule has 1 fully saturated rings. The van der Waals surface area contributed by atoms with E-state index in [2.05, 4.69) is 5.32 Å². The van der Waals surface area contributed by atoms with Gasteiger partial charge >= 0.3 is 0 Å². The Labute approximate surface area is 156 Å². The van der Waals surface area contributed by atoms with Gasteiger partial charge in [-0.2, -0.15) is 0 Å². The number of amides is 2. The number of hydrogen-bond donors (Lipinski definition) is 1. The summed E-state index contributed by atoms with van der Waals surface area (Å²) in [5, 5.41) is 2.82. The first-order valence-electron chi connectivity index (χ1n) is 8.82. The quantitative estimate of drug-likeness (QED) is 0.901. The molecular weight excluding hydrogens is 348 g/mol. The van der Waals surface area contributed by atoms with Gasteiger partial charge in [0.05, 0.1) is 12.7 Å². The fourth-order valence-electron chi connectivity index (χ4n) is 3.12. The third-order valence-electron chi connectivity index (χ3n) is 4.55. The largest absolute Gasteiger partial charge is 0.454 e. The van der Waals surface area contributed by atoms with E-state index in [1.54, 1.807) is 47.4 Å². The Hall–Kier alpha value is -3.06. The van der Waals surface area contributed by atoms with Gasteiger partial charge < -0.3 is 24.4 Å². The Bertz CT molecular complexity index is 865. The van der Waals surface area contributed by atoms with Crippen molar-refractivity contribution in [1.82, 2.24) is 4.90 Å². The fraction of sp³-hybridized carbons (Fsp3) is 0.300. The zero-order valence-electron chi connectivity index (χ0n) is 14.9. The number of nitrogens with zero attached hydrogens (tertiary/aromatic N) is 1. The van der Waals surface area contributed by atoms with Crippen LogP contribution in [0.5, 0.6) is 11.5 Å². The predicted molar refractivity (Wildman–Crippen MR) is 98.3 cm³/mol. The van der Waals surface area contributed by atoms with Crippen LogP contribution in [-0.4, -0.2) is 49.3 Å². The van der Waals surface area contributed by atoms with Crippen molar-refractivity contribution in [2.75, 3.05) is 31.8 Å². The van der Waals surface area contributed by atoms with E-state index in [4.69, 9.17) is 14.2 Å². The molecule has 2 aromatic rings. The number of carbonyl (C=O) groups excluding carboxylic acids is 2. The molecule has 0 radical (unpaired) electrons. The molecule has 7 nitrogen and oxygen atoms in total. The first-order chi connectivity index (χ1) is 13.1. The zero-order chi connectivity index (χ0) is 18.8. The highest BCUT2D eigenvalue weighted by Gasteiger charge is 2.22. The first-order valence-corrected chi connectivity index (χ1v) is 8.82. The minimum atomic E-state index is -0.255. The Morgan fingerprint density at radius 2 is 1.78 bits per heavy atom. The lowest BCUT2D eigenvalue weighted by Gasteiger charge is -2.31. The van der Waals surface area contributed by atoms with Gasteiger partial charge in [-0.15, -0.1) is 0 Å². The van der Waals surface area contributed by atoms with Crippen LogP contribution in [-0.2, 0) is 4.74 Å². The molecule has 2 aliphatic rings. The van der Waals surface area contributed by atoms with Crippen LogP contribution < -0.4 is 14.8 Å². The minimum absolute atomic E-state index is 0.0289. The highest BCUT2D eigenvalue weighted by Crippen LogP contribution is 2.32. The van der Waals surface area contributed by atoms with Gasteiger partial charge in [-0.1, -0.05) is 0 Å². The summed E-state index contributed by atoms with van der Waals surface area (Å²) >= 11 is 0. The molecule has 0 aromatic heterocycles. The van der Waals surface area contributed by atoms with Crippen LogP contribution in [0.25, 0.3) is 0 Å². The number of fused-ring (bicyclic) bond motifs is 1. The van der Waals surface area contributed by atoms with Gasteiger partial charge in [0.25, 0.3) is 11.8 Å². The molecule has 2 aliphatic heterocycles. The average molecular weight is 368 g/mol. The SMILES string of the molecule is CC1CN(C(=O)c2ccc(NC(=O)c3ccc4c(c3)OCO4)cc2)CCO1. The lowest BCUT2D eigenvalue weighted by molar-refractivity contribution is -0.0124. The molecule has 0 aliphatic carbocycles. The third kappa shape index (κ3) is 3.73. The lowest BCUT2D eigenvalue weighted by Crippen LogP contribution is -2.44. The second-order valence-electron chi connectivity index (χ2n) is 6.53. The number of ether oxygens (including phenoxy) is 3. The maximum Gasteiger partial charge on any atom is 0.255 e. The molecule has 2 heterocycles. The minimum Gasteiger partial charge on any atom is -0.454 e. The van der Waals surface area contributed by atoms with Crippen molar-refractivity contribution in [2.45, 2.75) is 13.0 Å². The van der Waals surface area contributed by atoms with Gasteiger partial charge in [-0.25, -0.2) is 0 Å². The van der Waals surface area contributed by atoms with Gasteiger partial charge in [0.15, 0.2) is 11.5 Å². The maximum absolute atomic E-state index is 12.6. The number of morpholine rings is 1. The molecule has 7 heteroatoms. The number of hydrogen-bond acceptors (Lipinski definition) is 5. The summed E-state index contributed by atoms with van der Waals surface area (Å²) < 4.78 is 16.0. The van der Waals surface area contributed by atoms with E-state index in [9.17, 15) is 9.59 Å². The smallest absolute Gasteiger partial charge is 0.255 e. The summed E-state index contributed by atoms with van der Waals surface area (Å²) in [6.45, 7) is 3.84. The molecule has 4 rings (SSSR count). The lowest BCUT2D eigenvalue weighted by atomic mass is 10.1. The molecule has 2 aromatic carbocycles. The van der Waals surface area contributed by atoms with E-state index < -0.39 is 0 Å². The van der Waals surface area contributed by atoms with E-state index in [-0.39, 0.29) is 24.7 Å². The maximum atomic E-state index is 12.6. The molecule has 1 atom stereocenters. The third-order valence-corrected chi connectivity index (χ3v) is 4.55. The zero-order valence-corrected chi connectivity index (χ0v) is 14.9. The predicted octanol–water partition coefficient (Wildman–Crippen LogP) is 2.53. The highest BCUT2D eigenvalue weighted by atomic mass is 16.7. The summed E-state index contributed by atoms with van der Waals surface area (Å²) in [4.78, 5) is 26.8. The molecule has 27 heavy (non-hydrogen) atoms. The van der Waals surface area contributed by atoms with Crippen molar-refractivity contribution in [3.05, 3.63) is 53.6 Å². The number of carbonyl (C=O) groups is 2. The normalized spacial score (nSPS) is 18.3. The van der Waals surface area contributed by atoms with Gasteiger partial charge in [0.1, 0.15) is 0 Å². The van der Waals surface area contributed by atoms with Crippen molar-refractivity contribution in [2.24, 2.45) is 0 Å². The van der Waals surface area contributed by atoms with Gasteiger partial charge in [0.2, 0.25) is 6.79 Å². The number of rotatable bonds is 3. The van der Waals surface area contributed by atoms with Crippen molar-refractivity contribution in [1.29, 1.82) is 0 Å². The van der Waals surface area contributed by atoms with Crippen molar-refractivity contribution >= 4 is 17.5 Å². The topological polar surface area (TPSA) is 77.1 Å². The van der Waals surface area contributed by atoms with Gasteiger partial charge in [0, 0.05) is 29.9 Å². The number of benzene rings is 2. The van der Waals surface area contributed by atoms with Crippen molar-refractivity contribution in [3.8, 4) is 11.5 Å². The molecule has 140 valence electrons. The van der Waals surface area contributed by atoms with Crippen LogP contribution in [0.3, 0.4) is 0 Å². The molecule has 1 saturated heterocycles. The monoisotopic (exact) mass is 368 g/mol. The Morgan fingerprint density at radius 3 is 2.56 bits per heavy atom. The molecular formula is C20H20N2O5. The molecule has 1 N–H and O–H groups in total. The fourth-order valence-corrected chi connectivity index (χ4v) is 3.12. The average Bonchev–Trinajstić information content (AvgIpc) is 3.16. The highest BCUT2D eigenvalue weighted by molar-refractivity contribution is 6.05. The van der Waals surface area contributed by atoms with Crippen LogP contribution >= 0.6 is 0 Å². The summed E-state index contributed by atoms with van der Waals surface area (Å²) in [5.41, 5.74) is 1.68. The molecule has 0 spiro atoms. The summed E-state index contributed by atoms with van der Waals surface area (Å²) in [5.74, 6) is 0.906. The molecule has 0 bridgehead atoms. The summed E-state index contributed by atoms with van der Waals surface area (Å²) in [6, 6.07) is 11.9. The molecule has 1 unspecified atom stereocenters. The van der Waals surface area contributed by atoms with Gasteiger partial charge in [-0.3, -0.25) is 9.59 Å². The van der Waals surface area contributed by atoms with Crippen molar-refractivity contribution in [3.63, 3.8) is 0 Å². The van der Waals surface area contributed by atoms with Crippen LogP contribution in [0.4, 0.5) is 5.69 Å². The summed E-state index contributed by atoms with van der Waals surface area (Å²) in [7, 11) is 0. The summed E-state index contributed by atoms with van der Waals surface area (Å²) in [6.07, 6.45) is 0.0444. The van der Waals surface area contributed by atoms with E-state index in [1.807, 2.05) is 6.92 Å². The Balaban J connectivity index is 1.41. The molecule has 2 amide bonds. The van der Waals surface area contributed by atoms with E-state index >= 15 is 0 Å². The second kappa shape index (κ2) is 7.28. The van der Waals surface area contributed by atoms with E-state index in [0.717, 1.165) is 0 Å². The van der Waals surface area contributed by atoms with Crippen LogP contribution in [0, 0.1) is 0 Å². The van der Waals surface area contributed by atoms with E-state index in [1.165, 1.54) is 0 Å². The number of anilines is 1.